The van der Waals surface area contributed by atoms with E-state index in [0.29, 0.717) is 37.4 Å². The van der Waals surface area contributed by atoms with Gasteiger partial charge in [-0.05, 0) is 62.6 Å². The Morgan fingerprint density at radius 2 is 1.53 bits per heavy atom. The van der Waals surface area contributed by atoms with Crippen LogP contribution in [-0.4, -0.2) is 62.3 Å². The molecule has 176 valence electrons. The van der Waals surface area contributed by atoms with E-state index >= 15 is 0 Å². The van der Waals surface area contributed by atoms with Gasteiger partial charge in [-0.1, -0.05) is 25.8 Å². The average Bonchev–Trinajstić information content (AvgIpc) is 3.31. The number of rotatable bonds is 5. The van der Waals surface area contributed by atoms with Gasteiger partial charge in [-0.3, -0.25) is 9.59 Å². The third kappa shape index (κ3) is 5.34. The molecule has 2 saturated heterocycles. The number of amides is 2. The molecule has 7 nitrogen and oxygen atoms in total. The zero-order chi connectivity index (χ0) is 22.7. The van der Waals surface area contributed by atoms with Gasteiger partial charge in [0.2, 0.25) is 15.9 Å². The number of nitrogens with one attached hydrogen (secondary N) is 1. The molecule has 1 aromatic carbocycles. The summed E-state index contributed by atoms with van der Waals surface area (Å²) in [6.45, 7) is 4.97. The Hall–Kier alpha value is -1.93. The molecule has 4 rings (SSSR count). The predicted octanol–water partition coefficient (Wildman–Crippen LogP) is 3.02. The summed E-state index contributed by atoms with van der Waals surface area (Å²) in [5.74, 6) is 0.733. The van der Waals surface area contributed by atoms with E-state index in [1.807, 2.05) is 4.90 Å². The van der Waals surface area contributed by atoms with Crippen molar-refractivity contribution in [1.82, 2.24) is 14.5 Å². The highest BCUT2D eigenvalue weighted by atomic mass is 32.2. The highest BCUT2D eigenvalue weighted by molar-refractivity contribution is 7.89. The van der Waals surface area contributed by atoms with Crippen molar-refractivity contribution in [2.75, 3.05) is 26.2 Å². The fourth-order valence-corrected chi connectivity index (χ4v) is 6.48. The Labute approximate surface area is 191 Å². The largest absolute Gasteiger partial charge is 0.342 e. The van der Waals surface area contributed by atoms with Gasteiger partial charge in [0.1, 0.15) is 0 Å². The van der Waals surface area contributed by atoms with Crippen molar-refractivity contribution in [3.05, 3.63) is 29.8 Å². The fourth-order valence-electron chi connectivity index (χ4n) is 5.13. The molecule has 1 saturated carbocycles. The smallest absolute Gasteiger partial charge is 0.253 e. The molecule has 1 aliphatic carbocycles. The summed E-state index contributed by atoms with van der Waals surface area (Å²) in [7, 11) is -3.64. The van der Waals surface area contributed by atoms with Gasteiger partial charge in [-0.15, -0.1) is 0 Å². The lowest BCUT2D eigenvalue weighted by Gasteiger charge is -2.36. The van der Waals surface area contributed by atoms with Crippen LogP contribution in [0.2, 0.25) is 0 Å². The van der Waals surface area contributed by atoms with Gasteiger partial charge in [0.15, 0.2) is 0 Å². The third-order valence-electron chi connectivity index (χ3n) is 7.29. The van der Waals surface area contributed by atoms with E-state index in [0.717, 1.165) is 51.6 Å². The van der Waals surface area contributed by atoms with E-state index in [2.05, 4.69) is 11.6 Å². The van der Waals surface area contributed by atoms with Gasteiger partial charge >= 0.3 is 0 Å². The Balaban J connectivity index is 1.35. The first kappa shape index (κ1) is 23.2. The molecular weight excluding hydrogens is 426 g/mol. The zero-order valence-corrected chi connectivity index (χ0v) is 19.8. The average molecular weight is 462 g/mol. The van der Waals surface area contributed by atoms with Crippen LogP contribution in [0.1, 0.15) is 68.6 Å². The van der Waals surface area contributed by atoms with Crippen molar-refractivity contribution in [3.63, 3.8) is 0 Å². The Morgan fingerprint density at radius 1 is 0.906 bits per heavy atom. The van der Waals surface area contributed by atoms with E-state index in [9.17, 15) is 18.0 Å². The molecule has 0 bridgehead atoms. The van der Waals surface area contributed by atoms with Crippen LogP contribution in [0, 0.1) is 11.8 Å². The molecule has 0 unspecified atom stereocenters. The van der Waals surface area contributed by atoms with Gasteiger partial charge in [-0.25, -0.2) is 13.1 Å². The minimum atomic E-state index is -3.64. The van der Waals surface area contributed by atoms with Crippen LogP contribution in [0.5, 0.6) is 0 Å². The van der Waals surface area contributed by atoms with Crippen LogP contribution in [0.3, 0.4) is 0 Å². The number of piperidine rings is 2. The summed E-state index contributed by atoms with van der Waals surface area (Å²) in [5, 5.41) is 0. The maximum atomic E-state index is 13.1. The number of sulfonamides is 1. The Bertz CT molecular complexity index is 926. The maximum absolute atomic E-state index is 13.1. The van der Waals surface area contributed by atoms with Crippen LogP contribution < -0.4 is 4.72 Å². The maximum Gasteiger partial charge on any atom is 0.253 e. The number of hydrogen-bond donors (Lipinski definition) is 1. The summed E-state index contributed by atoms with van der Waals surface area (Å²) >= 11 is 0. The molecule has 0 atom stereocenters. The van der Waals surface area contributed by atoms with Crippen LogP contribution in [-0.2, 0) is 14.8 Å². The van der Waals surface area contributed by atoms with Crippen LogP contribution in [0.4, 0.5) is 0 Å². The van der Waals surface area contributed by atoms with Crippen LogP contribution >= 0.6 is 0 Å². The number of benzene rings is 1. The summed E-state index contributed by atoms with van der Waals surface area (Å²) in [6.07, 6.45) is 7.28. The lowest BCUT2D eigenvalue weighted by atomic mass is 9.92. The molecule has 3 fully saturated rings. The molecule has 3 aliphatic rings. The number of likely N-dealkylation sites (tertiary alicyclic amines) is 2. The zero-order valence-electron chi connectivity index (χ0n) is 19.0. The minimum Gasteiger partial charge on any atom is -0.342 e. The summed E-state index contributed by atoms with van der Waals surface area (Å²) < 4.78 is 28.3. The van der Waals surface area contributed by atoms with Crippen molar-refractivity contribution in [2.24, 2.45) is 11.8 Å². The fraction of sp³-hybridized carbons (Fsp3) is 0.667. The molecule has 1 aromatic rings. The molecule has 2 amide bonds. The monoisotopic (exact) mass is 461 g/mol. The molecule has 32 heavy (non-hydrogen) atoms. The van der Waals surface area contributed by atoms with Crippen molar-refractivity contribution in [2.45, 2.75) is 69.2 Å². The molecule has 0 radical (unpaired) electrons. The number of hydrogen-bond acceptors (Lipinski definition) is 4. The molecule has 0 aromatic heterocycles. The van der Waals surface area contributed by atoms with Crippen molar-refractivity contribution in [1.29, 1.82) is 0 Å². The summed E-state index contributed by atoms with van der Waals surface area (Å²) in [4.78, 5) is 29.8. The summed E-state index contributed by atoms with van der Waals surface area (Å²) in [6, 6.07) is 6.30. The molecule has 0 spiro atoms. The second-order valence-corrected chi connectivity index (χ2v) is 11.4. The first-order chi connectivity index (χ1) is 15.3. The minimum absolute atomic E-state index is 0.0148. The predicted molar refractivity (Wildman–Crippen MR) is 123 cm³/mol. The van der Waals surface area contributed by atoms with E-state index in [4.69, 9.17) is 0 Å². The Kier molecular flexibility index (Phi) is 7.20. The molecule has 1 N–H and O–H groups in total. The van der Waals surface area contributed by atoms with Crippen LogP contribution in [0.15, 0.2) is 29.2 Å². The molecule has 8 heteroatoms. The highest BCUT2D eigenvalue weighted by Crippen LogP contribution is 2.25. The topological polar surface area (TPSA) is 86.8 Å². The SMILES string of the molecule is CC1CCN(C(=O)C2CCN(C(=O)c3cccc(S(=O)(=O)NC4CCCC4)c3)CC2)CC1. The van der Waals surface area contributed by atoms with Gasteiger partial charge in [-0.2, -0.15) is 0 Å². The van der Waals surface area contributed by atoms with E-state index in [1.54, 1.807) is 23.1 Å². The van der Waals surface area contributed by atoms with E-state index in [-0.39, 0.29) is 28.7 Å². The number of carbonyl (C=O) groups is 2. The second kappa shape index (κ2) is 9.91. The summed E-state index contributed by atoms with van der Waals surface area (Å²) in [5.41, 5.74) is 0.383. The number of carbonyl (C=O) groups excluding carboxylic acids is 2. The Morgan fingerprint density at radius 3 is 2.19 bits per heavy atom. The molecule has 2 aliphatic heterocycles. The lowest BCUT2D eigenvalue weighted by Crippen LogP contribution is -2.46. The van der Waals surface area contributed by atoms with E-state index < -0.39 is 10.0 Å². The second-order valence-electron chi connectivity index (χ2n) is 9.70. The number of nitrogens with zero attached hydrogens (tertiary/aromatic N) is 2. The quantitative estimate of drug-likeness (QED) is 0.730. The first-order valence-electron chi connectivity index (χ1n) is 12.0. The lowest BCUT2D eigenvalue weighted by molar-refractivity contribution is -0.138. The third-order valence-corrected chi connectivity index (χ3v) is 8.81. The normalized spacial score (nSPS) is 21.8. The first-order valence-corrected chi connectivity index (χ1v) is 13.5. The van der Waals surface area contributed by atoms with Crippen molar-refractivity contribution >= 4 is 21.8 Å². The van der Waals surface area contributed by atoms with Crippen LogP contribution in [0.25, 0.3) is 0 Å². The standard InChI is InChI=1S/C24H35N3O4S/c1-18-9-13-26(14-10-18)23(28)19-11-15-27(16-12-19)24(29)20-5-4-8-22(17-20)32(30,31)25-21-6-2-3-7-21/h4-5,8,17-19,21,25H,2-3,6-7,9-16H2,1H3. The highest BCUT2D eigenvalue weighted by Gasteiger charge is 2.32. The van der Waals surface area contributed by atoms with Gasteiger partial charge in [0, 0.05) is 43.7 Å². The molecular formula is C24H35N3O4S. The van der Waals surface area contributed by atoms with E-state index in [1.165, 1.54) is 6.07 Å². The van der Waals surface area contributed by atoms with Crippen molar-refractivity contribution < 1.29 is 18.0 Å². The van der Waals surface area contributed by atoms with Gasteiger partial charge in [0.05, 0.1) is 4.90 Å². The van der Waals surface area contributed by atoms with Gasteiger partial charge < -0.3 is 9.80 Å². The van der Waals surface area contributed by atoms with Crippen molar-refractivity contribution in [3.8, 4) is 0 Å². The van der Waals surface area contributed by atoms with Gasteiger partial charge in [0.25, 0.3) is 5.91 Å². The molecule has 2 heterocycles.